The van der Waals surface area contributed by atoms with Gasteiger partial charge in [0.05, 0.1) is 17.7 Å². The quantitative estimate of drug-likeness (QED) is 0.411. The molecule has 0 saturated carbocycles. The van der Waals surface area contributed by atoms with Gasteiger partial charge in [-0.1, -0.05) is 26.7 Å². The lowest BCUT2D eigenvalue weighted by Gasteiger charge is -2.36. The molecule has 1 atom stereocenters. The van der Waals surface area contributed by atoms with E-state index in [1.165, 1.54) is 0 Å². The van der Waals surface area contributed by atoms with Crippen molar-refractivity contribution in [2.75, 3.05) is 0 Å². The number of benzene rings is 1. The van der Waals surface area contributed by atoms with Gasteiger partial charge in [-0.15, -0.1) is 6.42 Å². The van der Waals surface area contributed by atoms with E-state index >= 15 is 0 Å². The van der Waals surface area contributed by atoms with Gasteiger partial charge in [-0.3, -0.25) is 4.79 Å². The number of ether oxygens (including phenoxy) is 1. The normalized spacial score (nSPS) is 13.5. The standard InChI is InChI=1S/C21H29NO3Si/c1-9-15(2)25-20-12-19-16(10-17(20)13-23)11-18(22(19)6)14-24-26(7,8)21(3,4)5/h1,10-13,15H,14H2,2-8H3. The van der Waals surface area contributed by atoms with Gasteiger partial charge in [0, 0.05) is 24.2 Å². The summed E-state index contributed by atoms with van der Waals surface area (Å²) in [6, 6.07) is 5.79. The van der Waals surface area contributed by atoms with Gasteiger partial charge in [0.15, 0.2) is 20.7 Å². The fourth-order valence-electron chi connectivity index (χ4n) is 2.47. The van der Waals surface area contributed by atoms with E-state index in [0.717, 1.165) is 22.9 Å². The number of carbonyl (C=O) groups excluding carboxylic acids is 1. The average Bonchev–Trinajstić information content (AvgIpc) is 2.86. The van der Waals surface area contributed by atoms with Crippen LogP contribution in [-0.4, -0.2) is 25.3 Å². The molecule has 5 heteroatoms. The third-order valence-corrected chi connectivity index (χ3v) is 9.80. The number of terminal acetylenes is 1. The summed E-state index contributed by atoms with van der Waals surface area (Å²) in [5.74, 6) is 3.03. The van der Waals surface area contributed by atoms with Crippen LogP contribution in [0.25, 0.3) is 10.9 Å². The topological polar surface area (TPSA) is 40.5 Å². The van der Waals surface area contributed by atoms with Crippen molar-refractivity contribution >= 4 is 25.5 Å². The van der Waals surface area contributed by atoms with Crippen molar-refractivity contribution < 1.29 is 14.0 Å². The fraction of sp³-hybridized carbons (Fsp3) is 0.476. The van der Waals surface area contributed by atoms with E-state index < -0.39 is 14.4 Å². The minimum atomic E-state index is -1.83. The molecule has 26 heavy (non-hydrogen) atoms. The highest BCUT2D eigenvalue weighted by molar-refractivity contribution is 6.74. The van der Waals surface area contributed by atoms with Crippen molar-refractivity contribution in [3.05, 3.63) is 29.5 Å². The van der Waals surface area contributed by atoms with Crippen LogP contribution in [0.3, 0.4) is 0 Å². The second kappa shape index (κ2) is 7.30. The van der Waals surface area contributed by atoms with E-state index in [0.29, 0.717) is 17.9 Å². The molecule has 0 aliphatic carbocycles. The molecule has 1 unspecified atom stereocenters. The maximum atomic E-state index is 11.4. The van der Waals surface area contributed by atoms with Crippen molar-refractivity contribution in [1.29, 1.82) is 0 Å². The number of aldehydes is 1. The summed E-state index contributed by atoms with van der Waals surface area (Å²) >= 11 is 0. The highest BCUT2D eigenvalue weighted by Crippen LogP contribution is 2.37. The lowest BCUT2D eigenvalue weighted by molar-refractivity contribution is 0.111. The van der Waals surface area contributed by atoms with Gasteiger partial charge >= 0.3 is 0 Å². The SMILES string of the molecule is C#CC(C)Oc1cc2c(cc1C=O)cc(CO[Si](C)(C)C(C)(C)C)n2C. The number of fused-ring (bicyclic) bond motifs is 1. The fourth-order valence-corrected chi connectivity index (χ4v) is 3.41. The van der Waals surface area contributed by atoms with Crippen LogP contribution in [0.15, 0.2) is 18.2 Å². The molecular formula is C21H29NO3Si. The summed E-state index contributed by atoms with van der Waals surface area (Å²) in [5, 5.41) is 1.15. The summed E-state index contributed by atoms with van der Waals surface area (Å²) in [4.78, 5) is 11.4. The highest BCUT2D eigenvalue weighted by Gasteiger charge is 2.37. The highest BCUT2D eigenvalue weighted by atomic mass is 28.4. The molecule has 1 aromatic heterocycles. The predicted octanol–water partition coefficient (Wildman–Crippen LogP) is 4.91. The number of hydrogen-bond donors (Lipinski definition) is 0. The Morgan fingerprint density at radius 2 is 1.96 bits per heavy atom. The molecule has 0 spiro atoms. The van der Waals surface area contributed by atoms with Gasteiger partial charge in [-0.25, -0.2) is 0 Å². The van der Waals surface area contributed by atoms with Crippen molar-refractivity contribution in [1.82, 2.24) is 4.57 Å². The molecular weight excluding hydrogens is 342 g/mol. The Morgan fingerprint density at radius 3 is 2.50 bits per heavy atom. The van der Waals surface area contributed by atoms with Gasteiger partial charge in [-0.2, -0.15) is 0 Å². The van der Waals surface area contributed by atoms with E-state index in [-0.39, 0.29) is 5.04 Å². The Kier molecular flexibility index (Phi) is 5.69. The minimum Gasteiger partial charge on any atom is -0.477 e. The molecule has 0 aliphatic rings. The van der Waals surface area contributed by atoms with Crippen LogP contribution < -0.4 is 4.74 Å². The van der Waals surface area contributed by atoms with Gasteiger partial charge in [0.2, 0.25) is 0 Å². The van der Waals surface area contributed by atoms with Crippen LogP contribution in [-0.2, 0) is 18.1 Å². The van der Waals surface area contributed by atoms with Crippen molar-refractivity contribution in [2.45, 2.75) is 58.5 Å². The van der Waals surface area contributed by atoms with Gasteiger partial charge in [0.1, 0.15) is 5.75 Å². The molecule has 2 rings (SSSR count). The second-order valence-corrected chi connectivity index (χ2v) is 13.0. The third kappa shape index (κ3) is 4.03. The van der Waals surface area contributed by atoms with Crippen molar-refractivity contribution in [2.24, 2.45) is 7.05 Å². The first kappa shape index (κ1) is 20.3. The molecule has 0 aliphatic heterocycles. The van der Waals surface area contributed by atoms with Crippen LogP contribution in [0.5, 0.6) is 5.75 Å². The average molecular weight is 372 g/mol. The first-order chi connectivity index (χ1) is 12.0. The second-order valence-electron chi connectivity index (χ2n) is 8.24. The predicted molar refractivity (Wildman–Crippen MR) is 109 cm³/mol. The van der Waals surface area contributed by atoms with Crippen LogP contribution >= 0.6 is 0 Å². The first-order valence-electron chi connectivity index (χ1n) is 8.84. The minimum absolute atomic E-state index is 0.161. The number of aromatic nitrogens is 1. The molecule has 0 N–H and O–H groups in total. The summed E-state index contributed by atoms with van der Waals surface area (Å²) in [6.45, 7) is 13.5. The maximum absolute atomic E-state index is 11.4. The first-order valence-corrected chi connectivity index (χ1v) is 11.7. The van der Waals surface area contributed by atoms with Crippen LogP contribution in [0.4, 0.5) is 0 Å². The molecule has 2 aromatic rings. The summed E-state index contributed by atoms with van der Waals surface area (Å²) < 4.78 is 14.1. The third-order valence-electron chi connectivity index (χ3n) is 5.33. The molecule has 4 nitrogen and oxygen atoms in total. The molecule has 1 heterocycles. The summed E-state index contributed by atoms with van der Waals surface area (Å²) in [5.41, 5.74) is 2.56. The monoisotopic (exact) mass is 371 g/mol. The summed E-state index contributed by atoms with van der Waals surface area (Å²) in [6.07, 6.45) is 5.80. The van der Waals surface area contributed by atoms with E-state index in [2.05, 4.69) is 50.4 Å². The maximum Gasteiger partial charge on any atom is 0.192 e. The van der Waals surface area contributed by atoms with E-state index in [9.17, 15) is 4.79 Å². The van der Waals surface area contributed by atoms with E-state index in [4.69, 9.17) is 15.6 Å². The lowest BCUT2D eigenvalue weighted by atomic mass is 10.1. The molecule has 0 bridgehead atoms. The molecule has 1 aromatic carbocycles. The van der Waals surface area contributed by atoms with E-state index in [1.54, 1.807) is 6.92 Å². The van der Waals surface area contributed by atoms with Crippen molar-refractivity contribution in [3.8, 4) is 18.1 Å². The Morgan fingerprint density at radius 1 is 1.31 bits per heavy atom. The van der Waals surface area contributed by atoms with Crippen LogP contribution in [0, 0.1) is 12.3 Å². The number of hydrogen-bond acceptors (Lipinski definition) is 3. The van der Waals surface area contributed by atoms with Crippen LogP contribution in [0.1, 0.15) is 43.7 Å². The summed E-state index contributed by atoms with van der Waals surface area (Å²) in [7, 11) is 0.170. The molecule has 0 amide bonds. The number of nitrogens with zero attached hydrogens (tertiary/aromatic N) is 1. The van der Waals surface area contributed by atoms with Crippen molar-refractivity contribution in [3.63, 3.8) is 0 Å². The Labute approximate surface area is 157 Å². The largest absolute Gasteiger partial charge is 0.477 e. The van der Waals surface area contributed by atoms with E-state index in [1.807, 2.05) is 19.2 Å². The van der Waals surface area contributed by atoms with Crippen LogP contribution in [0.2, 0.25) is 18.1 Å². The molecule has 0 radical (unpaired) electrons. The lowest BCUT2D eigenvalue weighted by Crippen LogP contribution is -2.40. The van der Waals surface area contributed by atoms with Gasteiger partial charge in [0.25, 0.3) is 0 Å². The van der Waals surface area contributed by atoms with Gasteiger partial charge < -0.3 is 13.7 Å². The zero-order valence-corrected chi connectivity index (χ0v) is 17.8. The number of aryl methyl sites for hydroxylation is 1. The Bertz CT molecular complexity index is 853. The smallest absolute Gasteiger partial charge is 0.192 e. The number of rotatable bonds is 6. The van der Waals surface area contributed by atoms with Gasteiger partial charge in [-0.05, 0) is 37.2 Å². The molecule has 140 valence electrons. The zero-order chi connectivity index (χ0) is 19.7. The number of carbonyl (C=O) groups is 1. The molecule has 0 fully saturated rings. The Balaban J connectivity index is 2.38. The molecule has 0 saturated heterocycles. The zero-order valence-electron chi connectivity index (χ0n) is 16.8. The Hall–Kier alpha value is -2.03.